The minimum Gasteiger partial charge on any atom is -0.0505 e. The van der Waals surface area contributed by atoms with Gasteiger partial charge in [-0.1, -0.05) is 12.1 Å². The van der Waals surface area contributed by atoms with Crippen LogP contribution in [0.1, 0.15) is 44.5 Å². The number of hydrogen-bond donors (Lipinski definition) is 0. The Hall–Kier alpha value is -2.08. The van der Waals surface area contributed by atoms with Gasteiger partial charge < -0.3 is 0 Å². The molecule has 0 nitrogen and oxygen atoms in total. The molecule has 0 radical (unpaired) electrons. The van der Waals surface area contributed by atoms with E-state index in [2.05, 4.69) is 67.5 Å². The van der Waals surface area contributed by atoms with Crippen LogP contribution in [0.15, 0.2) is 12.1 Å². The first-order valence-corrected chi connectivity index (χ1v) is 8.90. The van der Waals surface area contributed by atoms with Crippen LogP contribution in [-0.4, -0.2) is 0 Å². The predicted molar refractivity (Wildman–Crippen MR) is 108 cm³/mol. The minimum atomic E-state index is 1.41. The fourth-order valence-electron chi connectivity index (χ4n) is 4.80. The average Bonchev–Trinajstić information content (AvgIpc) is 2.54. The summed E-state index contributed by atoms with van der Waals surface area (Å²) in [6.45, 7) is 18.3. The lowest BCUT2D eigenvalue weighted by Gasteiger charge is -2.23. The molecule has 0 saturated heterocycles. The van der Waals surface area contributed by atoms with Gasteiger partial charge in [0.05, 0.1) is 0 Å². The highest BCUT2D eigenvalue weighted by atomic mass is 14.2. The van der Waals surface area contributed by atoms with Crippen LogP contribution < -0.4 is 0 Å². The van der Waals surface area contributed by atoms with Crippen molar-refractivity contribution in [1.82, 2.24) is 0 Å². The van der Waals surface area contributed by atoms with E-state index in [0.29, 0.717) is 0 Å². The predicted octanol–water partition coefficient (Wildman–Crippen LogP) is 7.05. The molecule has 0 aromatic heterocycles. The van der Waals surface area contributed by atoms with E-state index in [9.17, 15) is 0 Å². The Morgan fingerprint density at radius 3 is 1.17 bits per heavy atom. The Labute approximate surface area is 144 Å². The zero-order chi connectivity index (χ0) is 17.5. The highest BCUT2D eigenvalue weighted by Gasteiger charge is 2.20. The second-order valence-corrected chi connectivity index (χ2v) is 7.73. The van der Waals surface area contributed by atoms with Crippen molar-refractivity contribution in [3.8, 4) is 0 Å². The summed E-state index contributed by atoms with van der Waals surface area (Å²) in [5, 5.41) is 8.78. The SMILES string of the molecule is Cc1c(C)c2cc(C)c3c(C)c(C)c(C)c4c(C)cc(c1C)c2c34. The van der Waals surface area contributed by atoms with Crippen LogP contribution in [0.2, 0.25) is 0 Å². The molecule has 0 heterocycles. The van der Waals surface area contributed by atoms with Gasteiger partial charge in [0.1, 0.15) is 0 Å². The molecular weight excluding hydrogens is 288 g/mol. The van der Waals surface area contributed by atoms with Crippen molar-refractivity contribution >= 4 is 32.3 Å². The molecule has 0 spiro atoms. The first-order chi connectivity index (χ1) is 11.3. The molecule has 4 aromatic rings. The van der Waals surface area contributed by atoms with Gasteiger partial charge in [-0.15, -0.1) is 0 Å². The smallest absolute Gasteiger partial charge is 0.00157 e. The molecule has 122 valence electrons. The largest absolute Gasteiger partial charge is 0.0505 e. The molecule has 0 amide bonds. The van der Waals surface area contributed by atoms with E-state index in [1.54, 1.807) is 0 Å². The first-order valence-electron chi connectivity index (χ1n) is 8.90. The van der Waals surface area contributed by atoms with Crippen LogP contribution >= 0.6 is 0 Å². The molecule has 4 aromatic carbocycles. The molecule has 4 rings (SSSR count). The fraction of sp³-hybridized carbons (Fsp3) is 0.333. The normalized spacial score (nSPS) is 12.2. The Bertz CT molecular complexity index is 1070. The van der Waals surface area contributed by atoms with Crippen LogP contribution in [0.5, 0.6) is 0 Å². The van der Waals surface area contributed by atoms with Gasteiger partial charge in [-0.25, -0.2) is 0 Å². The van der Waals surface area contributed by atoms with E-state index in [1.807, 2.05) is 0 Å². The van der Waals surface area contributed by atoms with E-state index in [1.165, 1.54) is 76.8 Å². The maximum atomic E-state index is 2.42. The Morgan fingerprint density at radius 1 is 0.375 bits per heavy atom. The molecule has 0 N–H and O–H groups in total. The van der Waals surface area contributed by atoms with E-state index < -0.39 is 0 Å². The van der Waals surface area contributed by atoms with Gasteiger partial charge in [0.2, 0.25) is 0 Å². The highest BCUT2D eigenvalue weighted by Crippen LogP contribution is 2.44. The van der Waals surface area contributed by atoms with Crippen molar-refractivity contribution < 1.29 is 0 Å². The summed E-state index contributed by atoms with van der Waals surface area (Å²) in [6.07, 6.45) is 0. The summed E-state index contributed by atoms with van der Waals surface area (Å²) in [5.41, 5.74) is 11.5. The molecule has 0 unspecified atom stereocenters. The molecular formula is C24H26. The van der Waals surface area contributed by atoms with Gasteiger partial charge in [-0.2, -0.15) is 0 Å². The quantitative estimate of drug-likeness (QED) is 0.305. The highest BCUT2D eigenvalue weighted by molar-refractivity contribution is 6.27. The lowest BCUT2D eigenvalue weighted by Crippen LogP contribution is -2.00. The second-order valence-electron chi connectivity index (χ2n) is 7.73. The maximum Gasteiger partial charge on any atom is -0.00157 e. The van der Waals surface area contributed by atoms with E-state index in [0.717, 1.165) is 0 Å². The van der Waals surface area contributed by atoms with E-state index >= 15 is 0 Å². The first kappa shape index (κ1) is 15.4. The molecule has 0 heteroatoms. The summed E-state index contributed by atoms with van der Waals surface area (Å²) in [6, 6.07) is 4.84. The molecule has 0 saturated carbocycles. The number of benzene rings is 4. The van der Waals surface area contributed by atoms with Crippen molar-refractivity contribution in [3.05, 3.63) is 56.6 Å². The van der Waals surface area contributed by atoms with Crippen LogP contribution in [0.4, 0.5) is 0 Å². The summed E-state index contributed by atoms with van der Waals surface area (Å²) < 4.78 is 0. The van der Waals surface area contributed by atoms with Gasteiger partial charge in [-0.05, 0) is 132 Å². The monoisotopic (exact) mass is 314 g/mol. The molecule has 0 aliphatic carbocycles. The van der Waals surface area contributed by atoms with Crippen LogP contribution in [0, 0.1) is 55.4 Å². The lowest BCUT2D eigenvalue weighted by atomic mass is 9.80. The standard InChI is InChI=1S/C24H26/c1-11-9-19-15(5)13(3)16(6)20-10-12(2)22-18(8)14(4)17(7)21(11)24(22)23(19)20/h9-10H,1-8H3. The van der Waals surface area contributed by atoms with E-state index in [4.69, 9.17) is 0 Å². The minimum absolute atomic E-state index is 1.41. The van der Waals surface area contributed by atoms with Gasteiger partial charge in [0, 0.05) is 0 Å². The van der Waals surface area contributed by atoms with Gasteiger partial charge in [-0.3, -0.25) is 0 Å². The Kier molecular flexibility index (Phi) is 3.04. The molecule has 0 bridgehead atoms. The van der Waals surface area contributed by atoms with Crippen LogP contribution in [-0.2, 0) is 0 Å². The topological polar surface area (TPSA) is 0 Å². The van der Waals surface area contributed by atoms with Crippen LogP contribution in [0.25, 0.3) is 32.3 Å². The Balaban J connectivity index is 2.54. The number of aryl methyl sites for hydroxylation is 6. The molecule has 24 heavy (non-hydrogen) atoms. The van der Waals surface area contributed by atoms with Crippen molar-refractivity contribution in [1.29, 1.82) is 0 Å². The van der Waals surface area contributed by atoms with Crippen molar-refractivity contribution in [2.75, 3.05) is 0 Å². The van der Waals surface area contributed by atoms with Gasteiger partial charge in [0.15, 0.2) is 0 Å². The maximum absolute atomic E-state index is 2.42. The van der Waals surface area contributed by atoms with Crippen molar-refractivity contribution in [2.24, 2.45) is 0 Å². The molecule has 0 atom stereocenters. The summed E-state index contributed by atoms with van der Waals surface area (Å²) in [4.78, 5) is 0. The number of rotatable bonds is 0. The summed E-state index contributed by atoms with van der Waals surface area (Å²) in [7, 11) is 0. The average molecular weight is 314 g/mol. The second kappa shape index (κ2) is 4.72. The van der Waals surface area contributed by atoms with Gasteiger partial charge in [0.25, 0.3) is 0 Å². The zero-order valence-corrected chi connectivity index (χ0v) is 16.2. The summed E-state index contributed by atoms with van der Waals surface area (Å²) in [5.74, 6) is 0. The van der Waals surface area contributed by atoms with E-state index in [-0.39, 0.29) is 0 Å². The molecule has 0 fully saturated rings. The van der Waals surface area contributed by atoms with Crippen molar-refractivity contribution in [3.63, 3.8) is 0 Å². The third-order valence-corrected chi connectivity index (χ3v) is 6.61. The van der Waals surface area contributed by atoms with Crippen LogP contribution in [0.3, 0.4) is 0 Å². The molecule has 0 aliphatic rings. The third-order valence-electron chi connectivity index (χ3n) is 6.61. The number of hydrogen-bond acceptors (Lipinski definition) is 0. The third kappa shape index (κ3) is 1.64. The fourth-order valence-corrected chi connectivity index (χ4v) is 4.80. The Morgan fingerprint density at radius 2 is 0.750 bits per heavy atom. The zero-order valence-electron chi connectivity index (χ0n) is 16.2. The van der Waals surface area contributed by atoms with Crippen molar-refractivity contribution in [2.45, 2.75) is 55.4 Å². The van der Waals surface area contributed by atoms with Gasteiger partial charge >= 0.3 is 0 Å². The summed E-state index contributed by atoms with van der Waals surface area (Å²) >= 11 is 0. The molecule has 0 aliphatic heterocycles. The lowest BCUT2D eigenvalue weighted by molar-refractivity contribution is 1.29.